The number of rotatable bonds is 9. The molecule has 0 radical (unpaired) electrons. The summed E-state index contributed by atoms with van der Waals surface area (Å²) >= 11 is 3.83. The molecular weight excluding hydrogens is 388 g/mol. The molecule has 2 amide bonds. The molecule has 10 heteroatoms. The number of nitrogens with zero attached hydrogens (tertiary/aromatic N) is 1. The minimum absolute atomic E-state index is 0.0964. The maximum Gasteiger partial charge on any atom is 0.248 e. The molecule has 136 valence electrons. The molecule has 25 heavy (non-hydrogen) atoms. The monoisotopic (exact) mass is 405 g/mol. The van der Waals surface area contributed by atoms with Gasteiger partial charge in [-0.15, -0.1) is 23.1 Å². The summed E-state index contributed by atoms with van der Waals surface area (Å²) in [5.74, 6) is 0.588. The Hall–Kier alpha value is -1.39. The molecule has 1 aromatic carbocycles. The molecule has 1 heterocycles. The smallest absolute Gasteiger partial charge is 0.248 e. The van der Waals surface area contributed by atoms with Gasteiger partial charge < -0.3 is 10.6 Å². The predicted molar refractivity (Wildman–Crippen MR) is 101 cm³/mol. The Bertz CT molecular complexity index is 740. The second-order valence-electron chi connectivity index (χ2n) is 4.95. The van der Waals surface area contributed by atoms with Gasteiger partial charge in [0.25, 0.3) is 0 Å². The lowest BCUT2D eigenvalue weighted by Crippen LogP contribution is -2.19. The van der Waals surface area contributed by atoms with Gasteiger partial charge in [0, 0.05) is 24.8 Å². The van der Waals surface area contributed by atoms with Crippen LogP contribution in [0.1, 0.15) is 13.3 Å². The second kappa shape index (κ2) is 9.93. The van der Waals surface area contributed by atoms with Crippen molar-refractivity contribution in [2.75, 3.05) is 22.7 Å². The van der Waals surface area contributed by atoms with Crippen molar-refractivity contribution in [2.24, 2.45) is 0 Å². The van der Waals surface area contributed by atoms with Crippen LogP contribution in [0.4, 0.5) is 14.5 Å². The van der Waals surface area contributed by atoms with Crippen LogP contribution < -0.4 is 10.6 Å². The minimum Gasteiger partial charge on any atom is -0.347 e. The van der Waals surface area contributed by atoms with Crippen molar-refractivity contribution in [1.82, 2.24) is 10.3 Å². The number of carbonyl (C=O) groups is 2. The van der Waals surface area contributed by atoms with Gasteiger partial charge in [0.2, 0.25) is 18.2 Å². The van der Waals surface area contributed by atoms with Crippen LogP contribution in [0, 0.1) is 0 Å². The zero-order valence-corrected chi connectivity index (χ0v) is 15.8. The number of nitrogens with one attached hydrogen (secondary N) is 2. The molecule has 0 saturated carbocycles. The van der Waals surface area contributed by atoms with E-state index in [1.54, 1.807) is 18.2 Å². The number of amides is 2. The Morgan fingerprint density at radius 2 is 2.16 bits per heavy atom. The number of benzene rings is 1. The molecule has 0 spiro atoms. The fourth-order valence-electron chi connectivity index (χ4n) is 1.79. The maximum atomic E-state index is 12.3. The molecule has 5 nitrogen and oxygen atoms in total. The van der Waals surface area contributed by atoms with E-state index in [2.05, 4.69) is 15.6 Å². The number of alkyl halides is 2. The summed E-state index contributed by atoms with van der Waals surface area (Å²) in [4.78, 5) is 26.9. The van der Waals surface area contributed by atoms with Crippen LogP contribution in [-0.2, 0) is 9.59 Å². The quantitative estimate of drug-likeness (QED) is 0.377. The van der Waals surface area contributed by atoms with Crippen LogP contribution in [0.5, 0.6) is 0 Å². The van der Waals surface area contributed by atoms with E-state index < -0.39 is 6.43 Å². The number of fused-ring (bicyclic) bond motifs is 1. The van der Waals surface area contributed by atoms with E-state index in [-0.39, 0.29) is 17.6 Å². The van der Waals surface area contributed by atoms with Gasteiger partial charge in [-0.1, -0.05) is 11.8 Å². The van der Waals surface area contributed by atoms with Gasteiger partial charge in [0.1, 0.15) is 0 Å². The zero-order chi connectivity index (χ0) is 18.2. The lowest BCUT2D eigenvalue weighted by atomic mass is 10.3. The Morgan fingerprint density at radius 1 is 1.36 bits per heavy atom. The normalized spacial score (nSPS) is 11.0. The highest BCUT2D eigenvalue weighted by Crippen LogP contribution is 2.32. The van der Waals surface area contributed by atoms with Gasteiger partial charge in [0.15, 0.2) is 4.34 Å². The number of halogens is 2. The van der Waals surface area contributed by atoms with Gasteiger partial charge in [0.05, 0.1) is 21.8 Å². The highest BCUT2D eigenvalue weighted by atomic mass is 32.2. The molecule has 2 N–H and O–H groups in total. The lowest BCUT2D eigenvalue weighted by Gasteiger charge is -2.05. The summed E-state index contributed by atoms with van der Waals surface area (Å²) in [5.41, 5.74) is 1.38. The van der Waals surface area contributed by atoms with Crippen molar-refractivity contribution in [3.63, 3.8) is 0 Å². The first kappa shape index (κ1) is 19.9. The van der Waals surface area contributed by atoms with Gasteiger partial charge >= 0.3 is 0 Å². The summed E-state index contributed by atoms with van der Waals surface area (Å²) in [7, 11) is 0. The van der Waals surface area contributed by atoms with Crippen LogP contribution >= 0.6 is 34.9 Å². The number of anilines is 1. The maximum absolute atomic E-state index is 12.3. The van der Waals surface area contributed by atoms with Crippen molar-refractivity contribution in [3.05, 3.63) is 18.2 Å². The first-order chi connectivity index (χ1) is 11.9. The highest BCUT2D eigenvalue weighted by Gasteiger charge is 2.10. The molecule has 0 aliphatic carbocycles. The van der Waals surface area contributed by atoms with Crippen molar-refractivity contribution in [3.8, 4) is 0 Å². The summed E-state index contributed by atoms with van der Waals surface area (Å²) < 4.78 is 26.0. The van der Waals surface area contributed by atoms with Gasteiger partial charge in [-0.2, -0.15) is 0 Å². The van der Waals surface area contributed by atoms with E-state index in [1.165, 1.54) is 30.0 Å². The van der Waals surface area contributed by atoms with Crippen LogP contribution in [0.2, 0.25) is 0 Å². The van der Waals surface area contributed by atoms with Crippen molar-refractivity contribution >= 4 is 62.6 Å². The molecule has 0 bridgehead atoms. The van der Waals surface area contributed by atoms with Gasteiger partial charge in [-0.25, -0.2) is 13.8 Å². The van der Waals surface area contributed by atoms with Crippen molar-refractivity contribution < 1.29 is 18.4 Å². The van der Waals surface area contributed by atoms with Gasteiger partial charge in [-0.05, 0) is 18.2 Å². The number of thiazole rings is 1. The summed E-state index contributed by atoms with van der Waals surface area (Å²) in [5, 5.41) is 5.45. The fraction of sp³-hybridized carbons (Fsp3) is 0.400. The molecule has 2 aromatic rings. The van der Waals surface area contributed by atoms with Crippen molar-refractivity contribution in [1.29, 1.82) is 0 Å². The van der Waals surface area contributed by atoms with E-state index in [1.807, 2.05) is 0 Å². The van der Waals surface area contributed by atoms with E-state index >= 15 is 0 Å². The number of hydrogen-bond acceptors (Lipinski definition) is 6. The third-order valence-electron chi connectivity index (χ3n) is 2.88. The Morgan fingerprint density at radius 3 is 2.88 bits per heavy atom. The molecule has 0 aliphatic heterocycles. The average Bonchev–Trinajstić information content (AvgIpc) is 2.94. The fourth-order valence-corrected chi connectivity index (χ4v) is 4.45. The third kappa shape index (κ3) is 7.17. The number of aromatic nitrogens is 1. The standard InChI is InChI=1S/C15H17F2N3O2S3/c1-9(21)18-8-23-5-4-14(22)19-10-2-3-11-12(6-10)25-15(20-11)24-7-13(16)17/h2-3,6,13H,4-5,7-8H2,1H3,(H,18,21)(H,19,22). The molecule has 2 rings (SSSR count). The first-order valence-corrected chi connectivity index (χ1v) is 10.3. The average molecular weight is 406 g/mol. The topological polar surface area (TPSA) is 71.1 Å². The van der Waals surface area contributed by atoms with E-state index in [0.29, 0.717) is 28.1 Å². The van der Waals surface area contributed by atoms with E-state index in [9.17, 15) is 18.4 Å². The second-order valence-corrected chi connectivity index (χ2v) is 8.35. The highest BCUT2D eigenvalue weighted by molar-refractivity contribution is 8.01. The molecule has 0 saturated heterocycles. The lowest BCUT2D eigenvalue weighted by molar-refractivity contribution is -0.118. The van der Waals surface area contributed by atoms with Crippen LogP contribution in [0.25, 0.3) is 10.2 Å². The molecule has 0 aliphatic rings. The van der Waals surface area contributed by atoms with Crippen LogP contribution in [0.15, 0.2) is 22.5 Å². The summed E-state index contributed by atoms with van der Waals surface area (Å²) in [6.45, 7) is 1.44. The summed E-state index contributed by atoms with van der Waals surface area (Å²) in [6.07, 6.45) is -2.03. The number of thioether (sulfide) groups is 2. The summed E-state index contributed by atoms with van der Waals surface area (Å²) in [6, 6.07) is 5.30. The number of carbonyl (C=O) groups excluding carboxylic acids is 2. The minimum atomic E-state index is -2.37. The van der Waals surface area contributed by atoms with E-state index in [4.69, 9.17) is 0 Å². The molecule has 0 atom stereocenters. The Labute approximate surface area is 156 Å². The first-order valence-electron chi connectivity index (χ1n) is 7.37. The molecule has 0 fully saturated rings. The SMILES string of the molecule is CC(=O)NCSCCC(=O)Nc1ccc2nc(SCC(F)F)sc2c1. The van der Waals surface area contributed by atoms with Crippen LogP contribution in [-0.4, -0.2) is 40.6 Å². The van der Waals surface area contributed by atoms with Crippen LogP contribution in [0.3, 0.4) is 0 Å². The Kier molecular flexibility index (Phi) is 7.91. The molecular formula is C15H17F2N3O2S3. The molecule has 0 unspecified atom stereocenters. The third-order valence-corrected chi connectivity index (χ3v) is 5.90. The van der Waals surface area contributed by atoms with E-state index in [0.717, 1.165) is 22.0 Å². The molecule has 1 aromatic heterocycles. The zero-order valence-electron chi connectivity index (χ0n) is 13.4. The van der Waals surface area contributed by atoms with Gasteiger partial charge in [-0.3, -0.25) is 9.59 Å². The Balaban J connectivity index is 1.84. The largest absolute Gasteiger partial charge is 0.347 e. The predicted octanol–water partition coefficient (Wildman–Crippen LogP) is 3.81. The van der Waals surface area contributed by atoms with Crippen molar-refractivity contribution in [2.45, 2.75) is 24.1 Å². The number of hydrogen-bond donors (Lipinski definition) is 2.